The van der Waals surface area contributed by atoms with E-state index in [2.05, 4.69) is 9.71 Å². The van der Waals surface area contributed by atoms with E-state index in [-0.39, 0.29) is 10.7 Å². The first-order valence-electron chi connectivity index (χ1n) is 5.81. The van der Waals surface area contributed by atoms with Crippen LogP contribution in [0.5, 0.6) is 0 Å². The highest BCUT2D eigenvalue weighted by Gasteiger charge is 2.19. The minimum atomic E-state index is -3.82. The summed E-state index contributed by atoms with van der Waals surface area (Å²) in [6.07, 6.45) is 0.940. The summed E-state index contributed by atoms with van der Waals surface area (Å²) in [7, 11) is -3.82. The summed E-state index contributed by atoms with van der Waals surface area (Å²) in [5.41, 5.74) is 7.37. The molecule has 0 aliphatic rings. The maximum atomic E-state index is 12.8. The molecule has 0 spiro atoms. The van der Waals surface area contributed by atoms with Gasteiger partial charge < -0.3 is 5.73 Å². The van der Waals surface area contributed by atoms with Crippen LogP contribution in [0.3, 0.4) is 0 Å². The highest BCUT2D eigenvalue weighted by atomic mass is 32.2. The molecule has 0 radical (unpaired) electrons. The van der Waals surface area contributed by atoms with Gasteiger partial charge in [-0.3, -0.25) is 4.72 Å². The number of sulfonamides is 1. The SMILES string of the molecule is Cc1cc(N)c(C)c(S(=O)(=O)Nc2ccc(F)cn2)c1. The Bertz CT molecular complexity index is 743. The van der Waals surface area contributed by atoms with E-state index in [1.807, 2.05) is 0 Å². The van der Waals surface area contributed by atoms with Gasteiger partial charge in [-0.25, -0.2) is 17.8 Å². The summed E-state index contributed by atoms with van der Waals surface area (Å²) >= 11 is 0. The maximum Gasteiger partial charge on any atom is 0.263 e. The molecule has 0 saturated heterocycles. The Hall–Kier alpha value is -2.15. The van der Waals surface area contributed by atoms with E-state index < -0.39 is 15.8 Å². The van der Waals surface area contributed by atoms with E-state index in [4.69, 9.17) is 5.73 Å². The zero-order valence-electron chi connectivity index (χ0n) is 11.0. The molecular formula is C13H14FN3O2S. The molecule has 20 heavy (non-hydrogen) atoms. The first-order chi connectivity index (χ1) is 9.29. The number of nitrogens with zero attached hydrogens (tertiary/aromatic N) is 1. The molecule has 0 aliphatic heterocycles. The quantitative estimate of drug-likeness (QED) is 0.850. The topological polar surface area (TPSA) is 85.1 Å². The number of hydrogen-bond donors (Lipinski definition) is 2. The Morgan fingerprint density at radius 2 is 1.95 bits per heavy atom. The Labute approximate surface area is 116 Å². The number of nitrogen functional groups attached to an aromatic ring is 1. The molecule has 0 amide bonds. The number of halogens is 1. The van der Waals surface area contributed by atoms with Crippen LogP contribution in [0.4, 0.5) is 15.9 Å². The molecule has 0 atom stereocenters. The number of aryl methyl sites for hydroxylation is 1. The standard InChI is InChI=1S/C13H14FN3O2S/c1-8-5-11(15)9(2)12(6-8)20(18,19)17-13-4-3-10(14)7-16-13/h3-7H,15H2,1-2H3,(H,16,17). The normalized spacial score (nSPS) is 11.3. The van der Waals surface area contributed by atoms with Crippen LogP contribution in [-0.4, -0.2) is 13.4 Å². The van der Waals surface area contributed by atoms with Gasteiger partial charge in [0.2, 0.25) is 0 Å². The summed E-state index contributed by atoms with van der Waals surface area (Å²) in [5.74, 6) is -0.491. The van der Waals surface area contributed by atoms with Crippen LogP contribution in [0.2, 0.25) is 0 Å². The van der Waals surface area contributed by atoms with Gasteiger partial charge in [-0.15, -0.1) is 0 Å². The van der Waals surface area contributed by atoms with Crippen LogP contribution in [0, 0.1) is 19.7 Å². The number of nitrogens with one attached hydrogen (secondary N) is 1. The van der Waals surface area contributed by atoms with Crippen LogP contribution >= 0.6 is 0 Å². The third-order valence-corrected chi connectivity index (χ3v) is 4.28. The summed E-state index contributed by atoms with van der Waals surface area (Å²) < 4.78 is 39.7. The van der Waals surface area contributed by atoms with Gasteiger partial charge in [0.15, 0.2) is 0 Å². The van der Waals surface area contributed by atoms with E-state index in [1.54, 1.807) is 19.9 Å². The van der Waals surface area contributed by atoms with Crippen molar-refractivity contribution in [1.29, 1.82) is 0 Å². The van der Waals surface area contributed by atoms with Crippen molar-refractivity contribution < 1.29 is 12.8 Å². The average Bonchev–Trinajstić information content (AvgIpc) is 2.36. The average molecular weight is 295 g/mol. The Morgan fingerprint density at radius 1 is 1.25 bits per heavy atom. The number of pyridine rings is 1. The summed E-state index contributed by atoms with van der Waals surface area (Å²) in [6, 6.07) is 5.60. The van der Waals surface area contributed by atoms with E-state index >= 15 is 0 Å². The molecule has 1 aromatic carbocycles. The molecule has 1 aromatic heterocycles. The first kappa shape index (κ1) is 14.3. The smallest absolute Gasteiger partial charge is 0.263 e. The molecule has 7 heteroatoms. The maximum absolute atomic E-state index is 12.8. The minimum absolute atomic E-state index is 0.0471. The largest absolute Gasteiger partial charge is 0.398 e. The molecule has 2 rings (SSSR count). The fourth-order valence-corrected chi connectivity index (χ4v) is 3.13. The predicted molar refractivity (Wildman–Crippen MR) is 75.3 cm³/mol. The van der Waals surface area contributed by atoms with E-state index in [1.165, 1.54) is 12.1 Å². The summed E-state index contributed by atoms with van der Waals surface area (Å²) in [5, 5.41) is 0. The van der Waals surface area contributed by atoms with Gasteiger partial charge in [-0.2, -0.15) is 0 Å². The molecular weight excluding hydrogens is 281 g/mol. The molecule has 0 aliphatic carbocycles. The van der Waals surface area contributed by atoms with Gasteiger partial charge in [0.05, 0.1) is 11.1 Å². The van der Waals surface area contributed by atoms with Gasteiger partial charge in [0, 0.05) is 5.69 Å². The fraction of sp³-hybridized carbons (Fsp3) is 0.154. The first-order valence-corrected chi connectivity index (χ1v) is 7.29. The van der Waals surface area contributed by atoms with E-state index in [0.717, 1.165) is 17.8 Å². The molecule has 106 valence electrons. The van der Waals surface area contributed by atoms with Crippen molar-refractivity contribution >= 4 is 21.5 Å². The summed E-state index contributed by atoms with van der Waals surface area (Å²) in [6.45, 7) is 3.38. The Kier molecular flexibility index (Phi) is 3.63. The van der Waals surface area contributed by atoms with Crippen LogP contribution in [0.1, 0.15) is 11.1 Å². The van der Waals surface area contributed by atoms with Crippen LogP contribution in [0.25, 0.3) is 0 Å². The van der Waals surface area contributed by atoms with Crippen LogP contribution in [0.15, 0.2) is 35.4 Å². The molecule has 5 nitrogen and oxygen atoms in total. The Morgan fingerprint density at radius 3 is 2.55 bits per heavy atom. The third-order valence-electron chi connectivity index (χ3n) is 2.80. The molecule has 0 unspecified atom stereocenters. The predicted octanol–water partition coefficient (Wildman–Crippen LogP) is 2.22. The van der Waals surface area contributed by atoms with E-state index in [0.29, 0.717) is 11.3 Å². The number of hydrogen-bond acceptors (Lipinski definition) is 4. The zero-order valence-corrected chi connectivity index (χ0v) is 11.8. The molecule has 0 fully saturated rings. The lowest BCUT2D eigenvalue weighted by atomic mass is 10.1. The minimum Gasteiger partial charge on any atom is -0.398 e. The molecule has 0 bridgehead atoms. The fourth-order valence-electron chi connectivity index (χ4n) is 1.76. The van der Waals surface area contributed by atoms with Crippen LogP contribution in [-0.2, 0) is 10.0 Å². The van der Waals surface area contributed by atoms with Gasteiger partial charge >= 0.3 is 0 Å². The molecule has 0 saturated carbocycles. The highest BCUT2D eigenvalue weighted by molar-refractivity contribution is 7.92. The third kappa shape index (κ3) is 2.88. The lowest BCUT2D eigenvalue weighted by Crippen LogP contribution is -2.16. The van der Waals surface area contributed by atoms with Crippen molar-refractivity contribution in [2.24, 2.45) is 0 Å². The highest BCUT2D eigenvalue weighted by Crippen LogP contribution is 2.24. The van der Waals surface area contributed by atoms with Crippen molar-refractivity contribution in [2.45, 2.75) is 18.7 Å². The van der Waals surface area contributed by atoms with Crippen LogP contribution < -0.4 is 10.5 Å². The molecule has 1 heterocycles. The lowest BCUT2D eigenvalue weighted by Gasteiger charge is -2.12. The second-order valence-corrected chi connectivity index (χ2v) is 6.10. The Balaban J connectivity index is 2.43. The number of anilines is 2. The van der Waals surface area contributed by atoms with Gasteiger partial charge in [0.25, 0.3) is 10.0 Å². The van der Waals surface area contributed by atoms with Crippen molar-refractivity contribution in [3.05, 3.63) is 47.4 Å². The van der Waals surface area contributed by atoms with Gasteiger partial charge in [-0.1, -0.05) is 0 Å². The number of rotatable bonds is 3. The van der Waals surface area contributed by atoms with Crippen molar-refractivity contribution in [2.75, 3.05) is 10.5 Å². The van der Waals surface area contributed by atoms with Crippen molar-refractivity contribution in [3.63, 3.8) is 0 Å². The monoisotopic (exact) mass is 295 g/mol. The summed E-state index contributed by atoms with van der Waals surface area (Å²) in [4.78, 5) is 3.75. The van der Waals surface area contributed by atoms with Gasteiger partial charge in [-0.05, 0) is 49.2 Å². The zero-order chi connectivity index (χ0) is 14.9. The van der Waals surface area contributed by atoms with Gasteiger partial charge in [0.1, 0.15) is 11.6 Å². The number of aromatic nitrogens is 1. The van der Waals surface area contributed by atoms with E-state index in [9.17, 15) is 12.8 Å². The molecule has 2 aromatic rings. The second kappa shape index (κ2) is 5.09. The lowest BCUT2D eigenvalue weighted by molar-refractivity contribution is 0.599. The number of nitrogens with two attached hydrogens (primary N) is 1. The number of benzene rings is 1. The van der Waals surface area contributed by atoms with Crippen molar-refractivity contribution in [3.8, 4) is 0 Å². The molecule has 3 N–H and O–H groups in total. The second-order valence-electron chi connectivity index (χ2n) is 4.44. The van der Waals surface area contributed by atoms with Crippen molar-refractivity contribution in [1.82, 2.24) is 4.98 Å².